The molecule has 15 nitrogen and oxygen atoms in total. The summed E-state index contributed by atoms with van der Waals surface area (Å²) in [6.07, 6.45) is 1.18. The third-order valence-electron chi connectivity index (χ3n) is 8.27. The number of aliphatic hydroxyl groups is 1. The normalized spacial score (nSPS) is 16.4. The van der Waals surface area contributed by atoms with Gasteiger partial charge in [0.1, 0.15) is 0 Å². The smallest absolute Gasteiger partial charge is 0.317 e. The molecule has 0 saturated carbocycles. The number of carbonyl (C=O) groups excluding carboxylic acids is 2. The molecule has 15 heteroatoms. The van der Waals surface area contributed by atoms with E-state index in [1.54, 1.807) is 9.80 Å². The fourth-order valence-corrected chi connectivity index (χ4v) is 5.43. The Labute approximate surface area is 293 Å². The van der Waals surface area contributed by atoms with Crippen LogP contribution in [0.4, 0.5) is 0 Å². The monoisotopic (exact) mass is 697 g/mol. The molecule has 0 aromatic heterocycles. The first-order chi connectivity index (χ1) is 24.0. The number of hydrogen-bond donors (Lipinski definition) is 6. The molecule has 1 saturated heterocycles. The lowest BCUT2D eigenvalue weighted by Gasteiger charge is -2.33. The maximum atomic E-state index is 13.0. The number of hydrogen-bond acceptors (Lipinski definition) is 11. The van der Waals surface area contributed by atoms with Crippen molar-refractivity contribution in [2.45, 2.75) is 32.0 Å². The van der Waals surface area contributed by atoms with Crippen LogP contribution < -0.4 is 16.5 Å². The molecule has 1 aliphatic heterocycles. The van der Waals surface area contributed by atoms with Gasteiger partial charge in [-0.05, 0) is 29.5 Å². The molecule has 1 heterocycles. The summed E-state index contributed by atoms with van der Waals surface area (Å²) in [4.78, 5) is 61.1. The zero-order chi connectivity index (χ0) is 36.3. The van der Waals surface area contributed by atoms with Gasteiger partial charge in [-0.3, -0.25) is 43.6 Å². The third kappa shape index (κ3) is 16.3. The zero-order valence-electron chi connectivity index (χ0n) is 28.5. The topological polar surface area (TPSA) is 201 Å². The molecule has 0 spiro atoms. The Kier molecular flexibility index (Phi) is 17.3. The zero-order valence-corrected chi connectivity index (χ0v) is 28.5. The van der Waals surface area contributed by atoms with Crippen LogP contribution in [-0.4, -0.2) is 143 Å². The number of carboxylic acids is 2. The summed E-state index contributed by atoms with van der Waals surface area (Å²) >= 11 is 0. The lowest BCUT2D eigenvalue weighted by Crippen LogP contribution is -2.49. The van der Waals surface area contributed by atoms with Gasteiger partial charge in [0.15, 0.2) is 0 Å². The molecule has 2 aromatic carbocycles. The van der Waals surface area contributed by atoms with E-state index in [9.17, 15) is 34.5 Å². The summed E-state index contributed by atoms with van der Waals surface area (Å²) in [6, 6.07) is 16.5. The molecule has 0 unspecified atom stereocenters. The number of nitrogens with zero attached hydrogens (tertiary/aromatic N) is 4. The highest BCUT2D eigenvalue weighted by atomic mass is 16.6. The van der Waals surface area contributed by atoms with Gasteiger partial charge in [0.2, 0.25) is 5.91 Å². The van der Waals surface area contributed by atoms with E-state index < -0.39 is 23.9 Å². The van der Waals surface area contributed by atoms with Gasteiger partial charge in [0.05, 0.1) is 44.6 Å². The van der Waals surface area contributed by atoms with Crippen molar-refractivity contribution in [1.29, 1.82) is 0 Å². The van der Waals surface area contributed by atoms with Crippen LogP contribution in [0.3, 0.4) is 0 Å². The van der Waals surface area contributed by atoms with Crippen LogP contribution in [0.1, 0.15) is 23.1 Å². The maximum absolute atomic E-state index is 13.0. The molecule has 2 amide bonds. The minimum atomic E-state index is -0.965. The predicted octanol–water partition coefficient (Wildman–Crippen LogP) is 0.273. The molecule has 2 aromatic rings. The third-order valence-corrected chi connectivity index (χ3v) is 8.27. The SMILES string of the molecule is C=C(O)CN1CCN(CC(=O)O)CCN(CC(=O)NCc2ccc(CONC(=O)[C@H](N)CCc3ccccc3)cc2)CCN(CC(=O)O)CC1. The minimum Gasteiger partial charge on any atom is -0.512 e. The van der Waals surface area contributed by atoms with Gasteiger partial charge in [0, 0.05) is 58.9 Å². The number of amides is 2. The number of nitrogens with two attached hydrogens (primary N) is 1. The first-order valence-electron chi connectivity index (χ1n) is 16.7. The van der Waals surface area contributed by atoms with Crippen LogP contribution >= 0.6 is 0 Å². The van der Waals surface area contributed by atoms with Crippen LogP contribution in [-0.2, 0) is 43.6 Å². The number of rotatable bonds is 17. The fraction of sp³-hybridized carbons (Fsp3) is 0.486. The first-order valence-corrected chi connectivity index (χ1v) is 16.7. The Morgan fingerprint density at radius 2 is 1.18 bits per heavy atom. The van der Waals surface area contributed by atoms with E-state index >= 15 is 0 Å². The highest BCUT2D eigenvalue weighted by Crippen LogP contribution is 2.08. The Hall–Kier alpha value is -4.38. The van der Waals surface area contributed by atoms with Crippen molar-refractivity contribution >= 4 is 23.8 Å². The van der Waals surface area contributed by atoms with E-state index in [2.05, 4.69) is 17.4 Å². The molecule has 50 heavy (non-hydrogen) atoms. The fourth-order valence-electron chi connectivity index (χ4n) is 5.43. The molecule has 0 aliphatic carbocycles. The summed E-state index contributed by atoms with van der Waals surface area (Å²) < 4.78 is 0. The number of aliphatic hydroxyl groups excluding tert-OH is 1. The van der Waals surface area contributed by atoms with E-state index in [-0.39, 0.29) is 51.0 Å². The number of nitrogens with one attached hydrogen (secondary N) is 2. The number of carboxylic acid groups (broad SMARTS) is 2. The number of aryl methyl sites for hydroxylation is 1. The molecule has 0 radical (unpaired) electrons. The summed E-state index contributed by atoms with van der Waals surface area (Å²) in [5.41, 5.74) is 11.2. The van der Waals surface area contributed by atoms with Gasteiger partial charge in [-0.1, -0.05) is 61.2 Å². The van der Waals surface area contributed by atoms with Gasteiger partial charge in [-0.2, -0.15) is 0 Å². The van der Waals surface area contributed by atoms with Crippen LogP contribution in [0.15, 0.2) is 66.9 Å². The van der Waals surface area contributed by atoms with Crippen molar-refractivity contribution in [3.8, 4) is 0 Å². The summed E-state index contributed by atoms with van der Waals surface area (Å²) in [6.45, 7) is 7.19. The van der Waals surface area contributed by atoms with Crippen molar-refractivity contribution in [2.24, 2.45) is 5.73 Å². The molecule has 1 fully saturated rings. The van der Waals surface area contributed by atoms with E-state index in [0.29, 0.717) is 65.2 Å². The second-order valence-electron chi connectivity index (χ2n) is 12.4. The van der Waals surface area contributed by atoms with Gasteiger partial charge >= 0.3 is 11.9 Å². The van der Waals surface area contributed by atoms with E-state index in [4.69, 9.17) is 10.6 Å². The van der Waals surface area contributed by atoms with Crippen molar-refractivity contribution in [1.82, 2.24) is 30.4 Å². The Morgan fingerprint density at radius 3 is 1.68 bits per heavy atom. The molecule has 274 valence electrons. The number of hydroxylamine groups is 1. The Balaban J connectivity index is 1.47. The Morgan fingerprint density at radius 1 is 0.700 bits per heavy atom. The number of benzene rings is 2. The second kappa shape index (κ2) is 21.7. The number of carbonyl (C=O) groups is 4. The lowest BCUT2D eigenvalue weighted by atomic mass is 10.1. The highest BCUT2D eigenvalue weighted by molar-refractivity contribution is 5.80. The molecule has 1 atom stereocenters. The summed E-state index contributed by atoms with van der Waals surface area (Å²) in [5, 5.41) is 31.6. The van der Waals surface area contributed by atoms with Crippen molar-refractivity contribution in [3.63, 3.8) is 0 Å². The predicted molar refractivity (Wildman–Crippen MR) is 187 cm³/mol. The standard InChI is InChI=1S/C35H51N7O8/c1-27(43)22-39-13-17-41(24-33(45)46)19-15-40(16-20-42(18-14-39)25-34(47)48)23-32(44)37-21-29-7-9-30(10-8-29)26-50-38-35(49)31(36)12-11-28-5-3-2-4-6-28/h2-10,31,43H,1,11-26,36H2,(H,37,44)(H,38,49)(H,45,46)(H,47,48)/t31-/m1/s1. The molecular weight excluding hydrogens is 646 g/mol. The van der Waals surface area contributed by atoms with E-state index in [1.807, 2.05) is 64.4 Å². The van der Waals surface area contributed by atoms with E-state index in [0.717, 1.165) is 16.7 Å². The average molecular weight is 698 g/mol. The van der Waals surface area contributed by atoms with Gasteiger partial charge in [0.25, 0.3) is 5.91 Å². The first kappa shape index (κ1) is 40.1. The number of aliphatic carboxylic acids is 2. The average Bonchev–Trinajstić information content (AvgIpc) is 3.07. The van der Waals surface area contributed by atoms with Crippen LogP contribution in [0.5, 0.6) is 0 Å². The van der Waals surface area contributed by atoms with Crippen molar-refractivity contribution < 1.29 is 39.3 Å². The van der Waals surface area contributed by atoms with Gasteiger partial charge in [-0.25, -0.2) is 5.48 Å². The molecular formula is C35H51N7O8. The highest BCUT2D eigenvalue weighted by Gasteiger charge is 2.21. The second-order valence-corrected chi connectivity index (χ2v) is 12.4. The molecule has 3 rings (SSSR count). The van der Waals surface area contributed by atoms with Crippen LogP contribution in [0.2, 0.25) is 0 Å². The molecule has 7 N–H and O–H groups in total. The maximum Gasteiger partial charge on any atom is 0.317 e. The molecule has 0 bridgehead atoms. The summed E-state index contributed by atoms with van der Waals surface area (Å²) in [5.74, 6) is -2.57. The largest absolute Gasteiger partial charge is 0.512 e. The van der Waals surface area contributed by atoms with Gasteiger partial charge < -0.3 is 26.4 Å². The summed E-state index contributed by atoms with van der Waals surface area (Å²) in [7, 11) is 0. The van der Waals surface area contributed by atoms with Crippen LogP contribution in [0, 0.1) is 0 Å². The van der Waals surface area contributed by atoms with E-state index in [1.165, 1.54) is 0 Å². The Bertz CT molecular complexity index is 1350. The van der Waals surface area contributed by atoms with Gasteiger partial charge in [-0.15, -0.1) is 0 Å². The quantitative estimate of drug-likeness (QED) is 0.0973. The van der Waals surface area contributed by atoms with Crippen molar-refractivity contribution in [2.75, 3.05) is 78.5 Å². The van der Waals surface area contributed by atoms with Crippen LogP contribution in [0.25, 0.3) is 0 Å². The minimum absolute atomic E-state index is 0.0226. The van der Waals surface area contributed by atoms with Crippen molar-refractivity contribution in [3.05, 3.63) is 83.6 Å². The lowest BCUT2D eigenvalue weighted by molar-refractivity contribution is -0.139. The molecule has 1 aliphatic rings.